The van der Waals surface area contributed by atoms with E-state index in [9.17, 15) is 8.42 Å². The summed E-state index contributed by atoms with van der Waals surface area (Å²) in [6.45, 7) is 5.55. The predicted octanol–water partition coefficient (Wildman–Crippen LogP) is 2.99. The van der Waals surface area contributed by atoms with E-state index in [-0.39, 0.29) is 0 Å². The number of benzene rings is 1. The maximum Gasteiger partial charge on any atom is 0.273 e. The van der Waals surface area contributed by atoms with Crippen LogP contribution in [0.15, 0.2) is 40.6 Å². The van der Waals surface area contributed by atoms with Gasteiger partial charge in [0.2, 0.25) is 0 Å². The molecule has 0 spiro atoms. The van der Waals surface area contributed by atoms with E-state index in [0.717, 1.165) is 17.0 Å². The standard InChI is InChI=1S/C15H20N2O2S2/c1-4-16-11-14-12(2)10-15(20-14)21(18,19)17(3)13-8-6-5-7-9-13/h5-10,16H,4,11H2,1-3H3. The topological polar surface area (TPSA) is 49.4 Å². The van der Waals surface area contributed by atoms with Crippen molar-refractivity contribution in [2.75, 3.05) is 17.9 Å². The number of hydrogen-bond donors (Lipinski definition) is 1. The maximum atomic E-state index is 12.7. The van der Waals surface area contributed by atoms with Crippen molar-refractivity contribution in [1.82, 2.24) is 5.32 Å². The van der Waals surface area contributed by atoms with Crippen LogP contribution < -0.4 is 9.62 Å². The van der Waals surface area contributed by atoms with Crippen molar-refractivity contribution in [3.05, 3.63) is 46.8 Å². The summed E-state index contributed by atoms with van der Waals surface area (Å²) in [4.78, 5) is 1.07. The molecule has 1 N–H and O–H groups in total. The average Bonchev–Trinajstić information content (AvgIpc) is 2.87. The summed E-state index contributed by atoms with van der Waals surface area (Å²) >= 11 is 1.34. The van der Waals surface area contributed by atoms with Crippen molar-refractivity contribution in [1.29, 1.82) is 0 Å². The third kappa shape index (κ3) is 3.45. The quantitative estimate of drug-likeness (QED) is 0.888. The first-order valence-electron chi connectivity index (χ1n) is 6.80. The summed E-state index contributed by atoms with van der Waals surface area (Å²) in [6, 6.07) is 10.9. The number of nitrogens with one attached hydrogen (secondary N) is 1. The minimum Gasteiger partial charge on any atom is -0.312 e. The Morgan fingerprint density at radius 3 is 2.52 bits per heavy atom. The molecule has 0 amide bonds. The van der Waals surface area contributed by atoms with Crippen molar-refractivity contribution in [2.45, 2.75) is 24.6 Å². The van der Waals surface area contributed by atoms with Crippen LogP contribution in [0, 0.1) is 6.92 Å². The molecule has 0 aliphatic rings. The van der Waals surface area contributed by atoms with Crippen molar-refractivity contribution >= 4 is 27.0 Å². The molecule has 21 heavy (non-hydrogen) atoms. The molecule has 2 aromatic rings. The van der Waals surface area contributed by atoms with Gasteiger partial charge >= 0.3 is 0 Å². The molecule has 0 atom stereocenters. The van der Waals surface area contributed by atoms with Crippen LogP contribution in [0.1, 0.15) is 17.4 Å². The summed E-state index contributed by atoms with van der Waals surface area (Å²) in [5, 5.41) is 3.23. The second-order valence-electron chi connectivity index (χ2n) is 4.76. The Bertz CT molecular complexity index is 694. The van der Waals surface area contributed by atoms with Gasteiger partial charge in [-0.15, -0.1) is 11.3 Å². The Labute approximate surface area is 130 Å². The lowest BCUT2D eigenvalue weighted by atomic mass is 10.3. The fourth-order valence-electron chi connectivity index (χ4n) is 1.94. The number of aryl methyl sites for hydroxylation is 1. The first kappa shape index (κ1) is 16.0. The molecule has 4 nitrogen and oxygen atoms in total. The second-order valence-corrected chi connectivity index (χ2v) is 8.09. The second kappa shape index (κ2) is 6.60. The molecule has 6 heteroatoms. The molecule has 114 valence electrons. The molecule has 0 unspecified atom stereocenters. The SMILES string of the molecule is CCNCc1sc(S(=O)(=O)N(C)c2ccccc2)cc1C. The van der Waals surface area contributed by atoms with E-state index in [0.29, 0.717) is 16.4 Å². The molecule has 1 aromatic heterocycles. The molecular formula is C15H20N2O2S2. The molecule has 2 rings (SSSR count). The predicted molar refractivity (Wildman–Crippen MR) is 88.5 cm³/mol. The fourth-order valence-corrected chi connectivity index (χ4v) is 4.87. The Morgan fingerprint density at radius 2 is 1.90 bits per heavy atom. The van der Waals surface area contributed by atoms with Gasteiger partial charge in [0.05, 0.1) is 5.69 Å². The highest BCUT2D eigenvalue weighted by Gasteiger charge is 2.24. The number of sulfonamides is 1. The molecular weight excluding hydrogens is 304 g/mol. The van der Waals surface area contributed by atoms with Crippen molar-refractivity contribution in [3.8, 4) is 0 Å². The molecule has 0 saturated carbocycles. The fraction of sp³-hybridized carbons (Fsp3) is 0.333. The van der Waals surface area contributed by atoms with Crippen LogP contribution in [-0.4, -0.2) is 22.0 Å². The van der Waals surface area contributed by atoms with Gasteiger partial charge in [0.1, 0.15) is 4.21 Å². The third-order valence-electron chi connectivity index (χ3n) is 3.27. The lowest BCUT2D eigenvalue weighted by Crippen LogP contribution is -2.25. The van der Waals surface area contributed by atoms with Crippen LogP contribution >= 0.6 is 11.3 Å². The highest BCUT2D eigenvalue weighted by molar-refractivity contribution is 7.94. The molecule has 1 heterocycles. The Balaban J connectivity index is 2.31. The van der Waals surface area contributed by atoms with Crippen LogP contribution in [0.3, 0.4) is 0 Å². The van der Waals surface area contributed by atoms with Gasteiger partial charge in [0.25, 0.3) is 10.0 Å². The normalized spacial score (nSPS) is 11.6. The number of para-hydroxylation sites is 1. The summed E-state index contributed by atoms with van der Waals surface area (Å²) in [5.41, 5.74) is 1.68. The van der Waals surface area contributed by atoms with E-state index in [1.54, 1.807) is 25.2 Å². The molecule has 0 bridgehead atoms. The van der Waals surface area contributed by atoms with Gasteiger partial charge in [-0.25, -0.2) is 8.42 Å². The molecule has 1 aromatic carbocycles. The monoisotopic (exact) mass is 324 g/mol. The van der Waals surface area contributed by atoms with E-state index >= 15 is 0 Å². The van der Waals surface area contributed by atoms with Crippen LogP contribution in [0.25, 0.3) is 0 Å². The van der Waals surface area contributed by atoms with E-state index in [4.69, 9.17) is 0 Å². The molecule has 0 saturated heterocycles. The van der Waals surface area contributed by atoms with E-state index in [1.165, 1.54) is 15.6 Å². The zero-order valence-electron chi connectivity index (χ0n) is 12.5. The Kier molecular flexibility index (Phi) is 5.03. The van der Waals surface area contributed by atoms with Gasteiger partial charge in [-0.2, -0.15) is 0 Å². The molecule has 0 aliphatic carbocycles. The molecule has 0 fully saturated rings. The van der Waals surface area contributed by atoms with Gasteiger partial charge in [-0.3, -0.25) is 4.31 Å². The van der Waals surface area contributed by atoms with Gasteiger partial charge in [0.15, 0.2) is 0 Å². The van der Waals surface area contributed by atoms with Crippen LogP contribution in [0.2, 0.25) is 0 Å². The van der Waals surface area contributed by atoms with Gasteiger partial charge in [0, 0.05) is 18.5 Å². The number of thiophene rings is 1. The minimum atomic E-state index is -3.49. The lowest BCUT2D eigenvalue weighted by Gasteiger charge is -2.18. The maximum absolute atomic E-state index is 12.7. The van der Waals surface area contributed by atoms with Crippen molar-refractivity contribution in [2.24, 2.45) is 0 Å². The van der Waals surface area contributed by atoms with Crippen molar-refractivity contribution < 1.29 is 8.42 Å². The molecule has 0 aliphatic heterocycles. The summed E-state index contributed by atoms with van der Waals surface area (Å²) < 4.78 is 27.1. The molecule has 0 radical (unpaired) electrons. The van der Waals surface area contributed by atoms with Crippen LogP contribution in [0.5, 0.6) is 0 Å². The number of hydrogen-bond acceptors (Lipinski definition) is 4. The summed E-state index contributed by atoms with van der Waals surface area (Å²) in [7, 11) is -1.91. The number of nitrogens with zero attached hydrogens (tertiary/aromatic N) is 1. The number of rotatable bonds is 6. The highest BCUT2D eigenvalue weighted by atomic mass is 32.2. The summed E-state index contributed by atoms with van der Waals surface area (Å²) in [5.74, 6) is 0. The smallest absolute Gasteiger partial charge is 0.273 e. The Morgan fingerprint density at radius 1 is 1.24 bits per heavy atom. The van der Waals surface area contributed by atoms with Crippen LogP contribution in [0.4, 0.5) is 5.69 Å². The van der Waals surface area contributed by atoms with E-state index in [1.807, 2.05) is 32.0 Å². The number of anilines is 1. The third-order valence-corrected chi connectivity index (χ3v) is 6.74. The zero-order chi connectivity index (χ0) is 15.5. The lowest BCUT2D eigenvalue weighted by molar-refractivity contribution is 0.596. The van der Waals surface area contributed by atoms with Gasteiger partial charge < -0.3 is 5.32 Å². The Hall–Kier alpha value is -1.37. The van der Waals surface area contributed by atoms with Gasteiger partial charge in [-0.1, -0.05) is 25.1 Å². The van der Waals surface area contributed by atoms with E-state index in [2.05, 4.69) is 5.32 Å². The first-order valence-corrected chi connectivity index (χ1v) is 9.06. The minimum absolute atomic E-state index is 0.388. The average molecular weight is 324 g/mol. The first-order chi connectivity index (χ1) is 9.96. The summed E-state index contributed by atoms with van der Waals surface area (Å²) in [6.07, 6.45) is 0. The van der Waals surface area contributed by atoms with E-state index < -0.39 is 10.0 Å². The highest BCUT2D eigenvalue weighted by Crippen LogP contribution is 2.30. The zero-order valence-corrected chi connectivity index (χ0v) is 14.1. The van der Waals surface area contributed by atoms with Crippen molar-refractivity contribution in [3.63, 3.8) is 0 Å². The largest absolute Gasteiger partial charge is 0.312 e. The van der Waals surface area contributed by atoms with Gasteiger partial charge in [-0.05, 0) is 37.2 Å². The van der Waals surface area contributed by atoms with Crippen LogP contribution in [-0.2, 0) is 16.6 Å².